The topological polar surface area (TPSA) is 12.0 Å². The van der Waals surface area contributed by atoms with Gasteiger partial charge in [-0.2, -0.15) is 13.2 Å². The van der Waals surface area contributed by atoms with E-state index in [1.807, 2.05) is 25.3 Å². The molecule has 5 heteroatoms. The second-order valence-corrected chi connectivity index (χ2v) is 5.67. The van der Waals surface area contributed by atoms with E-state index in [-0.39, 0.29) is 6.04 Å². The molecule has 20 heavy (non-hydrogen) atoms. The Balaban J connectivity index is 2.43. The molecule has 2 aromatic rings. The minimum atomic E-state index is -4.31. The normalized spacial score (nSPS) is 13.4. The van der Waals surface area contributed by atoms with Crippen molar-refractivity contribution in [2.45, 2.75) is 26.1 Å². The zero-order chi connectivity index (χ0) is 14.8. The summed E-state index contributed by atoms with van der Waals surface area (Å²) in [5, 5.41) is 5.22. The number of halogens is 3. The van der Waals surface area contributed by atoms with Crippen LogP contribution in [0.25, 0.3) is 0 Å². The van der Waals surface area contributed by atoms with E-state index in [2.05, 4.69) is 5.32 Å². The third-order valence-electron chi connectivity index (χ3n) is 3.17. The molecule has 0 saturated heterocycles. The van der Waals surface area contributed by atoms with Crippen LogP contribution in [0.3, 0.4) is 0 Å². The minimum absolute atomic E-state index is 0.200. The van der Waals surface area contributed by atoms with E-state index < -0.39 is 11.7 Å². The highest BCUT2D eigenvalue weighted by molar-refractivity contribution is 7.10. The minimum Gasteiger partial charge on any atom is -0.306 e. The first kappa shape index (κ1) is 15.1. The lowest BCUT2D eigenvalue weighted by atomic mass is 9.97. The monoisotopic (exact) mass is 299 g/mol. The molecule has 108 valence electrons. The molecular weight excluding hydrogens is 283 g/mol. The molecule has 0 radical (unpaired) electrons. The average Bonchev–Trinajstić information content (AvgIpc) is 2.81. The van der Waals surface area contributed by atoms with Crippen molar-refractivity contribution in [2.75, 3.05) is 6.54 Å². The summed E-state index contributed by atoms with van der Waals surface area (Å²) in [7, 11) is 0. The molecule has 0 amide bonds. The van der Waals surface area contributed by atoms with E-state index in [1.54, 1.807) is 17.4 Å². The first-order valence-electron chi connectivity index (χ1n) is 6.38. The van der Waals surface area contributed by atoms with Crippen molar-refractivity contribution in [3.8, 4) is 0 Å². The Kier molecular flexibility index (Phi) is 4.50. The molecule has 1 atom stereocenters. The highest BCUT2D eigenvalue weighted by Crippen LogP contribution is 2.33. The van der Waals surface area contributed by atoms with Crippen LogP contribution in [0.2, 0.25) is 0 Å². The van der Waals surface area contributed by atoms with Crippen LogP contribution in [0.5, 0.6) is 0 Å². The molecule has 1 nitrogen and oxygen atoms in total. The molecule has 1 aromatic carbocycles. The van der Waals surface area contributed by atoms with Crippen molar-refractivity contribution < 1.29 is 13.2 Å². The van der Waals surface area contributed by atoms with Crippen molar-refractivity contribution in [2.24, 2.45) is 0 Å². The zero-order valence-electron chi connectivity index (χ0n) is 11.3. The molecular formula is C15H16F3NS. The Hall–Kier alpha value is -1.33. The predicted molar refractivity (Wildman–Crippen MR) is 76.0 cm³/mol. The summed E-state index contributed by atoms with van der Waals surface area (Å²) in [6, 6.07) is 7.29. The molecule has 1 aromatic heterocycles. The van der Waals surface area contributed by atoms with Crippen LogP contribution in [0.4, 0.5) is 13.2 Å². The molecule has 2 rings (SSSR count). The van der Waals surface area contributed by atoms with Gasteiger partial charge in [-0.05, 0) is 48.2 Å². The number of hydrogen-bond donors (Lipinski definition) is 1. The number of thiophene rings is 1. The Morgan fingerprint density at radius 2 is 2.00 bits per heavy atom. The quantitative estimate of drug-likeness (QED) is 0.857. The highest BCUT2D eigenvalue weighted by atomic mass is 32.1. The maximum atomic E-state index is 12.8. The maximum Gasteiger partial charge on any atom is 0.416 e. The van der Waals surface area contributed by atoms with E-state index in [9.17, 15) is 13.2 Å². The van der Waals surface area contributed by atoms with Crippen LogP contribution in [0.1, 0.15) is 34.5 Å². The van der Waals surface area contributed by atoms with Gasteiger partial charge in [0.15, 0.2) is 0 Å². The number of alkyl halides is 3. The largest absolute Gasteiger partial charge is 0.416 e. The molecule has 0 fully saturated rings. The van der Waals surface area contributed by atoms with Crippen LogP contribution in [-0.2, 0) is 6.18 Å². The summed E-state index contributed by atoms with van der Waals surface area (Å²) in [5.41, 5.74) is 1.07. The number of hydrogen-bond acceptors (Lipinski definition) is 2. The fourth-order valence-corrected chi connectivity index (χ4v) is 2.94. The third-order valence-corrected chi connectivity index (χ3v) is 4.03. The van der Waals surface area contributed by atoms with Crippen LogP contribution in [0, 0.1) is 6.92 Å². The van der Waals surface area contributed by atoms with Gasteiger partial charge in [-0.25, -0.2) is 0 Å². The first-order valence-corrected chi connectivity index (χ1v) is 7.26. The van der Waals surface area contributed by atoms with Gasteiger partial charge >= 0.3 is 6.18 Å². The molecule has 0 saturated carbocycles. The van der Waals surface area contributed by atoms with Crippen molar-refractivity contribution >= 4 is 11.3 Å². The number of nitrogens with one attached hydrogen (secondary N) is 1. The average molecular weight is 299 g/mol. The van der Waals surface area contributed by atoms with E-state index in [0.29, 0.717) is 12.1 Å². The maximum absolute atomic E-state index is 12.8. The first-order chi connectivity index (χ1) is 9.43. The van der Waals surface area contributed by atoms with Gasteiger partial charge in [0.2, 0.25) is 0 Å². The predicted octanol–water partition coefficient (Wildman–Crippen LogP) is 4.77. The van der Waals surface area contributed by atoms with Gasteiger partial charge < -0.3 is 5.32 Å². The summed E-state index contributed by atoms with van der Waals surface area (Å²) in [5.74, 6) is 0. The van der Waals surface area contributed by atoms with Crippen LogP contribution in [-0.4, -0.2) is 6.54 Å². The summed E-state index contributed by atoms with van der Waals surface area (Å²) >= 11 is 1.60. The van der Waals surface area contributed by atoms with Crippen molar-refractivity contribution in [1.29, 1.82) is 0 Å². The van der Waals surface area contributed by atoms with Gasteiger partial charge in [-0.1, -0.05) is 19.1 Å². The van der Waals surface area contributed by atoms with Crippen LogP contribution in [0.15, 0.2) is 35.7 Å². The summed E-state index contributed by atoms with van der Waals surface area (Å²) in [6.07, 6.45) is -4.31. The molecule has 1 N–H and O–H groups in total. The lowest BCUT2D eigenvalue weighted by molar-refractivity contribution is -0.137. The van der Waals surface area contributed by atoms with Gasteiger partial charge in [0.05, 0.1) is 11.6 Å². The second-order valence-electron chi connectivity index (χ2n) is 4.55. The fourth-order valence-electron chi connectivity index (χ4n) is 2.20. The van der Waals surface area contributed by atoms with Gasteiger partial charge in [-0.15, -0.1) is 11.3 Å². The third kappa shape index (κ3) is 3.22. The van der Waals surface area contributed by atoms with Crippen molar-refractivity contribution in [3.05, 3.63) is 57.3 Å². The number of benzene rings is 1. The molecule has 0 aliphatic heterocycles. The zero-order valence-corrected chi connectivity index (χ0v) is 12.1. The van der Waals surface area contributed by atoms with Crippen molar-refractivity contribution in [3.63, 3.8) is 0 Å². The van der Waals surface area contributed by atoms with E-state index in [0.717, 1.165) is 16.5 Å². The van der Waals surface area contributed by atoms with Gasteiger partial charge in [0.1, 0.15) is 0 Å². The molecule has 1 heterocycles. The van der Waals surface area contributed by atoms with Gasteiger partial charge in [0, 0.05) is 4.88 Å². The van der Waals surface area contributed by atoms with Crippen LogP contribution >= 0.6 is 11.3 Å². The SMILES string of the molecule is CCNC(c1cccc(C(F)(F)F)c1)c1ccsc1C. The highest BCUT2D eigenvalue weighted by Gasteiger charge is 2.31. The second kappa shape index (κ2) is 5.97. The van der Waals surface area contributed by atoms with E-state index in [4.69, 9.17) is 0 Å². The number of aryl methyl sites for hydroxylation is 1. The van der Waals surface area contributed by atoms with Gasteiger partial charge in [-0.3, -0.25) is 0 Å². The molecule has 0 aliphatic carbocycles. The van der Waals surface area contributed by atoms with Crippen LogP contribution < -0.4 is 5.32 Å². The Bertz CT molecular complexity index is 574. The Morgan fingerprint density at radius 3 is 2.55 bits per heavy atom. The smallest absolute Gasteiger partial charge is 0.306 e. The Morgan fingerprint density at radius 1 is 1.25 bits per heavy atom. The van der Waals surface area contributed by atoms with Gasteiger partial charge in [0.25, 0.3) is 0 Å². The Labute approximate surface area is 120 Å². The van der Waals surface area contributed by atoms with E-state index >= 15 is 0 Å². The standard InChI is InChI=1S/C15H16F3NS/c1-3-19-14(13-7-8-20-10(13)2)11-5-4-6-12(9-11)15(16,17)18/h4-9,14,19H,3H2,1-2H3. The molecule has 0 spiro atoms. The molecule has 1 unspecified atom stereocenters. The summed E-state index contributed by atoms with van der Waals surface area (Å²) in [4.78, 5) is 1.12. The lowest BCUT2D eigenvalue weighted by Gasteiger charge is -2.20. The summed E-state index contributed by atoms with van der Waals surface area (Å²) < 4.78 is 38.5. The van der Waals surface area contributed by atoms with E-state index in [1.165, 1.54) is 12.1 Å². The fraction of sp³-hybridized carbons (Fsp3) is 0.333. The molecule has 0 bridgehead atoms. The van der Waals surface area contributed by atoms with Crippen molar-refractivity contribution in [1.82, 2.24) is 5.32 Å². The number of rotatable bonds is 4. The summed E-state index contributed by atoms with van der Waals surface area (Å²) in [6.45, 7) is 4.62. The molecule has 0 aliphatic rings. The lowest BCUT2D eigenvalue weighted by Crippen LogP contribution is -2.22.